The number of aromatic nitrogens is 2. The van der Waals surface area contributed by atoms with Gasteiger partial charge in [-0.1, -0.05) is 49.3 Å². The van der Waals surface area contributed by atoms with E-state index in [-0.39, 0.29) is 24.0 Å². The number of aliphatic imine (C=N–C) groups is 1. The maximum atomic E-state index is 5.26. The fraction of sp³-hybridized carbons (Fsp3) is 0.500. The molecular weight excluding hydrogens is 429 g/mol. The number of rotatable bonds is 7. The molecule has 0 saturated carbocycles. The molecule has 2 rings (SSSR count). The van der Waals surface area contributed by atoms with Gasteiger partial charge in [-0.05, 0) is 12.0 Å². The normalized spacial score (nSPS) is 11.3. The number of nitrogens with one attached hydrogen (secondary N) is 1. The summed E-state index contributed by atoms with van der Waals surface area (Å²) in [6.45, 7) is 5.60. The molecule has 1 aromatic heterocycles. The van der Waals surface area contributed by atoms with Gasteiger partial charge in [0.05, 0.1) is 6.54 Å². The van der Waals surface area contributed by atoms with Gasteiger partial charge in [0.15, 0.2) is 11.8 Å². The van der Waals surface area contributed by atoms with Gasteiger partial charge >= 0.3 is 0 Å². The Morgan fingerprint density at radius 1 is 1.24 bits per heavy atom. The van der Waals surface area contributed by atoms with Gasteiger partial charge in [-0.15, -0.1) is 24.0 Å². The summed E-state index contributed by atoms with van der Waals surface area (Å²) in [5, 5.41) is 7.36. The Balaban J connectivity index is 0.00000312. The van der Waals surface area contributed by atoms with Crippen molar-refractivity contribution in [1.29, 1.82) is 0 Å². The van der Waals surface area contributed by atoms with E-state index in [9.17, 15) is 0 Å². The molecule has 0 amide bonds. The second kappa shape index (κ2) is 11.1. The first-order valence-electron chi connectivity index (χ1n) is 8.38. The average molecular weight is 457 g/mol. The van der Waals surface area contributed by atoms with Crippen LogP contribution in [-0.2, 0) is 13.0 Å². The zero-order valence-electron chi connectivity index (χ0n) is 15.4. The minimum Gasteiger partial charge on any atom is -0.356 e. The highest BCUT2D eigenvalue weighted by molar-refractivity contribution is 14.0. The van der Waals surface area contributed by atoms with E-state index in [1.165, 1.54) is 5.56 Å². The number of nitrogens with zero attached hydrogens (tertiary/aromatic N) is 4. The topological polar surface area (TPSA) is 66.6 Å². The third kappa shape index (κ3) is 7.41. The number of aryl methyl sites for hydroxylation is 1. The van der Waals surface area contributed by atoms with Crippen LogP contribution >= 0.6 is 24.0 Å². The minimum absolute atomic E-state index is 0. The van der Waals surface area contributed by atoms with E-state index in [4.69, 9.17) is 4.52 Å². The molecule has 0 saturated heterocycles. The summed E-state index contributed by atoms with van der Waals surface area (Å²) in [5.41, 5.74) is 1.20. The molecule has 1 aromatic carbocycles. The zero-order valence-corrected chi connectivity index (χ0v) is 17.7. The smallest absolute Gasteiger partial charge is 0.226 e. The van der Waals surface area contributed by atoms with Crippen molar-refractivity contribution in [2.24, 2.45) is 4.99 Å². The van der Waals surface area contributed by atoms with Gasteiger partial charge in [0.2, 0.25) is 5.89 Å². The van der Waals surface area contributed by atoms with Crippen LogP contribution in [0.4, 0.5) is 0 Å². The number of benzene rings is 1. The highest BCUT2D eigenvalue weighted by atomic mass is 127. The summed E-state index contributed by atoms with van der Waals surface area (Å²) >= 11 is 0. The van der Waals surface area contributed by atoms with Crippen LogP contribution in [0.5, 0.6) is 0 Å². The predicted molar refractivity (Wildman–Crippen MR) is 111 cm³/mol. The molecule has 0 aliphatic rings. The summed E-state index contributed by atoms with van der Waals surface area (Å²) in [5.74, 6) is 2.66. The first kappa shape index (κ1) is 21.4. The fourth-order valence-corrected chi connectivity index (χ4v) is 2.15. The standard InChI is InChI=1S/C18H27N5O.HI/c1-14(2)17-21-16(24-22-17)11-8-12-19-18(23(3)4)20-13-15-9-6-5-7-10-15;/h5-7,9-10,14H,8,11-13H2,1-4H3,(H,19,20);1H. The molecule has 2 aromatic rings. The molecule has 0 atom stereocenters. The van der Waals surface area contributed by atoms with Crippen molar-refractivity contribution < 1.29 is 4.52 Å². The molecule has 0 radical (unpaired) electrons. The first-order valence-corrected chi connectivity index (χ1v) is 8.38. The Hall–Kier alpha value is -1.64. The van der Waals surface area contributed by atoms with Gasteiger partial charge in [0.1, 0.15) is 0 Å². The lowest BCUT2D eigenvalue weighted by molar-refractivity contribution is 0.368. The molecule has 0 unspecified atom stereocenters. The fourth-order valence-electron chi connectivity index (χ4n) is 2.15. The summed E-state index contributed by atoms with van der Waals surface area (Å²) in [7, 11) is 3.98. The molecule has 0 aliphatic heterocycles. The average Bonchev–Trinajstić information content (AvgIpc) is 3.04. The van der Waals surface area contributed by atoms with Crippen LogP contribution < -0.4 is 5.32 Å². The second-order valence-electron chi connectivity index (χ2n) is 6.25. The van der Waals surface area contributed by atoms with Crippen molar-refractivity contribution in [1.82, 2.24) is 20.4 Å². The minimum atomic E-state index is 0. The van der Waals surface area contributed by atoms with Gasteiger partial charge in [-0.3, -0.25) is 0 Å². The molecular formula is C18H28IN5O. The van der Waals surface area contributed by atoms with Crippen LogP contribution in [0.3, 0.4) is 0 Å². The van der Waals surface area contributed by atoms with Gasteiger partial charge in [-0.25, -0.2) is 4.99 Å². The second-order valence-corrected chi connectivity index (χ2v) is 6.25. The van der Waals surface area contributed by atoms with Crippen LogP contribution in [0, 0.1) is 0 Å². The predicted octanol–water partition coefficient (Wildman–Crippen LogP) is 3.45. The summed E-state index contributed by atoms with van der Waals surface area (Å²) in [6.07, 6.45) is 1.68. The molecule has 1 N–H and O–H groups in total. The molecule has 0 fully saturated rings. The van der Waals surface area contributed by atoms with Gasteiger partial charge in [-0.2, -0.15) is 4.98 Å². The van der Waals surface area contributed by atoms with Crippen LogP contribution in [0.25, 0.3) is 0 Å². The molecule has 0 bridgehead atoms. The van der Waals surface area contributed by atoms with Crippen molar-refractivity contribution in [3.8, 4) is 0 Å². The highest BCUT2D eigenvalue weighted by Crippen LogP contribution is 2.10. The van der Waals surface area contributed by atoms with E-state index < -0.39 is 0 Å². The van der Waals surface area contributed by atoms with Gasteiger partial charge in [0.25, 0.3) is 0 Å². The van der Waals surface area contributed by atoms with Crippen LogP contribution in [-0.4, -0.2) is 41.6 Å². The maximum Gasteiger partial charge on any atom is 0.226 e. The summed E-state index contributed by atoms with van der Waals surface area (Å²) in [6, 6.07) is 10.2. The lowest BCUT2D eigenvalue weighted by Crippen LogP contribution is -2.37. The number of hydrogen-bond donors (Lipinski definition) is 1. The van der Waals surface area contributed by atoms with Crippen LogP contribution in [0.1, 0.15) is 43.5 Å². The Kier molecular flexibility index (Phi) is 9.48. The zero-order chi connectivity index (χ0) is 17.4. The van der Waals surface area contributed by atoms with E-state index in [1.807, 2.05) is 37.2 Å². The van der Waals surface area contributed by atoms with E-state index >= 15 is 0 Å². The van der Waals surface area contributed by atoms with Gasteiger partial charge in [0, 0.05) is 33.0 Å². The SMILES string of the molecule is CC(C)c1noc(CCCNC(=NCc2ccccc2)N(C)C)n1.I. The highest BCUT2D eigenvalue weighted by Gasteiger charge is 2.09. The third-order valence-electron chi connectivity index (χ3n) is 3.53. The Bertz CT molecular complexity index is 640. The van der Waals surface area contributed by atoms with Crippen LogP contribution in [0.2, 0.25) is 0 Å². The number of halogens is 1. The summed E-state index contributed by atoms with van der Waals surface area (Å²) < 4.78 is 5.26. The van der Waals surface area contributed by atoms with E-state index in [2.05, 4.69) is 46.4 Å². The Labute approximate surface area is 167 Å². The van der Waals surface area contributed by atoms with Crippen molar-refractivity contribution >= 4 is 29.9 Å². The molecule has 25 heavy (non-hydrogen) atoms. The molecule has 0 aliphatic carbocycles. The van der Waals surface area contributed by atoms with Crippen molar-refractivity contribution in [2.75, 3.05) is 20.6 Å². The van der Waals surface area contributed by atoms with E-state index in [0.29, 0.717) is 18.4 Å². The summed E-state index contributed by atoms with van der Waals surface area (Å²) in [4.78, 5) is 11.0. The van der Waals surface area contributed by atoms with E-state index in [0.717, 1.165) is 31.2 Å². The molecule has 7 heteroatoms. The monoisotopic (exact) mass is 457 g/mol. The largest absolute Gasteiger partial charge is 0.356 e. The first-order chi connectivity index (χ1) is 11.6. The van der Waals surface area contributed by atoms with Crippen LogP contribution in [0.15, 0.2) is 39.8 Å². The number of guanidine groups is 1. The van der Waals surface area contributed by atoms with Crippen molar-refractivity contribution in [3.63, 3.8) is 0 Å². The molecule has 1 heterocycles. The van der Waals surface area contributed by atoms with Gasteiger partial charge < -0.3 is 14.7 Å². The lowest BCUT2D eigenvalue weighted by Gasteiger charge is -2.17. The molecule has 6 nitrogen and oxygen atoms in total. The molecule has 138 valence electrons. The maximum absolute atomic E-state index is 5.26. The third-order valence-corrected chi connectivity index (χ3v) is 3.53. The quantitative estimate of drug-likeness (QED) is 0.299. The lowest BCUT2D eigenvalue weighted by atomic mass is 10.2. The van der Waals surface area contributed by atoms with Crippen molar-refractivity contribution in [3.05, 3.63) is 47.6 Å². The Morgan fingerprint density at radius 3 is 2.56 bits per heavy atom. The molecule has 0 spiro atoms. The number of hydrogen-bond acceptors (Lipinski definition) is 4. The van der Waals surface area contributed by atoms with Crippen molar-refractivity contribution in [2.45, 2.75) is 39.2 Å². The Morgan fingerprint density at radius 2 is 1.96 bits per heavy atom. The van der Waals surface area contributed by atoms with E-state index in [1.54, 1.807) is 0 Å².